The van der Waals surface area contributed by atoms with Gasteiger partial charge in [-0.15, -0.1) is 0 Å². The molecular formula is C11H17BrN2O. The highest BCUT2D eigenvalue weighted by Crippen LogP contribution is 2.30. The molecule has 15 heavy (non-hydrogen) atoms. The standard InChI is InChI=1S/C11H17BrN2O/c1-3-14(4-5-15)11-6-8(2)10(13)7-9(11)12/h6-7,15H,3-5,13H2,1-2H3. The van der Waals surface area contributed by atoms with Crippen molar-refractivity contribution in [1.29, 1.82) is 0 Å². The number of likely N-dealkylation sites (N-methyl/N-ethyl adjacent to an activating group) is 1. The van der Waals surface area contributed by atoms with Crippen LogP contribution in [0.3, 0.4) is 0 Å². The Bertz CT molecular complexity index is 342. The lowest BCUT2D eigenvalue weighted by molar-refractivity contribution is 0.302. The van der Waals surface area contributed by atoms with Gasteiger partial charge in [0.05, 0.1) is 12.3 Å². The summed E-state index contributed by atoms with van der Waals surface area (Å²) in [6.07, 6.45) is 0. The molecule has 4 heteroatoms. The van der Waals surface area contributed by atoms with Gasteiger partial charge < -0.3 is 15.7 Å². The molecule has 3 nitrogen and oxygen atoms in total. The van der Waals surface area contributed by atoms with E-state index in [0.29, 0.717) is 6.54 Å². The van der Waals surface area contributed by atoms with Crippen molar-refractivity contribution in [1.82, 2.24) is 0 Å². The molecule has 0 radical (unpaired) electrons. The summed E-state index contributed by atoms with van der Waals surface area (Å²) in [5.41, 5.74) is 8.73. The van der Waals surface area contributed by atoms with Gasteiger partial charge in [-0.1, -0.05) is 0 Å². The van der Waals surface area contributed by atoms with E-state index in [1.165, 1.54) is 0 Å². The molecule has 0 aliphatic heterocycles. The zero-order valence-electron chi connectivity index (χ0n) is 9.13. The van der Waals surface area contributed by atoms with Crippen LogP contribution in [0.1, 0.15) is 12.5 Å². The largest absolute Gasteiger partial charge is 0.398 e. The van der Waals surface area contributed by atoms with E-state index < -0.39 is 0 Å². The highest BCUT2D eigenvalue weighted by atomic mass is 79.9. The molecule has 0 aromatic heterocycles. The second kappa shape index (κ2) is 5.37. The van der Waals surface area contributed by atoms with Crippen molar-refractivity contribution in [3.8, 4) is 0 Å². The second-order valence-corrected chi connectivity index (χ2v) is 4.32. The zero-order valence-corrected chi connectivity index (χ0v) is 10.7. The Morgan fingerprint density at radius 1 is 1.47 bits per heavy atom. The normalized spacial score (nSPS) is 10.4. The van der Waals surface area contributed by atoms with Crippen LogP contribution >= 0.6 is 15.9 Å². The molecule has 0 aliphatic rings. The number of rotatable bonds is 4. The van der Waals surface area contributed by atoms with Crippen LogP contribution in [0.15, 0.2) is 16.6 Å². The smallest absolute Gasteiger partial charge is 0.0606 e. The van der Waals surface area contributed by atoms with Gasteiger partial charge in [0.2, 0.25) is 0 Å². The van der Waals surface area contributed by atoms with E-state index in [-0.39, 0.29) is 6.61 Å². The van der Waals surface area contributed by atoms with Gasteiger partial charge >= 0.3 is 0 Å². The van der Waals surface area contributed by atoms with Gasteiger partial charge in [-0.05, 0) is 47.5 Å². The molecule has 0 saturated heterocycles. The number of aryl methyl sites for hydroxylation is 1. The van der Waals surface area contributed by atoms with E-state index in [2.05, 4.69) is 27.8 Å². The molecule has 0 amide bonds. The van der Waals surface area contributed by atoms with Gasteiger partial charge in [0.1, 0.15) is 0 Å². The molecule has 0 unspecified atom stereocenters. The summed E-state index contributed by atoms with van der Waals surface area (Å²) in [6, 6.07) is 3.95. The monoisotopic (exact) mass is 272 g/mol. The summed E-state index contributed by atoms with van der Waals surface area (Å²) in [5, 5.41) is 8.96. The summed E-state index contributed by atoms with van der Waals surface area (Å²) >= 11 is 3.49. The number of aliphatic hydroxyl groups excluding tert-OH is 1. The third-order valence-corrected chi connectivity index (χ3v) is 3.06. The number of benzene rings is 1. The minimum absolute atomic E-state index is 0.156. The summed E-state index contributed by atoms with van der Waals surface area (Å²) in [6.45, 7) is 5.70. The molecule has 1 aromatic carbocycles. The third kappa shape index (κ3) is 2.86. The average Bonchev–Trinajstić information content (AvgIpc) is 2.20. The number of nitrogen functional groups attached to an aromatic ring is 1. The van der Waals surface area contributed by atoms with E-state index in [9.17, 15) is 0 Å². The molecule has 0 heterocycles. The van der Waals surface area contributed by atoms with Crippen LogP contribution in [0.5, 0.6) is 0 Å². The third-order valence-electron chi connectivity index (χ3n) is 2.43. The summed E-state index contributed by atoms with van der Waals surface area (Å²) in [4.78, 5) is 2.11. The van der Waals surface area contributed by atoms with Gasteiger partial charge in [-0.3, -0.25) is 0 Å². The quantitative estimate of drug-likeness (QED) is 0.826. The predicted octanol–water partition coefficient (Wildman–Crippen LogP) is 2.16. The van der Waals surface area contributed by atoms with E-state index in [4.69, 9.17) is 10.8 Å². The number of hydrogen-bond donors (Lipinski definition) is 2. The molecule has 0 spiro atoms. The molecule has 0 bridgehead atoms. The molecular weight excluding hydrogens is 256 g/mol. The number of halogens is 1. The molecule has 0 atom stereocenters. The maximum Gasteiger partial charge on any atom is 0.0606 e. The van der Waals surface area contributed by atoms with Crippen LogP contribution < -0.4 is 10.6 Å². The Morgan fingerprint density at radius 2 is 2.13 bits per heavy atom. The fourth-order valence-corrected chi connectivity index (χ4v) is 2.11. The lowest BCUT2D eigenvalue weighted by Crippen LogP contribution is -2.26. The molecule has 0 aliphatic carbocycles. The number of hydrogen-bond acceptors (Lipinski definition) is 3. The number of anilines is 2. The van der Waals surface area contributed by atoms with Gasteiger partial charge in [0.25, 0.3) is 0 Å². The average molecular weight is 273 g/mol. The Balaban J connectivity index is 3.06. The van der Waals surface area contributed by atoms with Crippen LogP contribution in [0, 0.1) is 6.92 Å². The maximum atomic E-state index is 8.96. The SMILES string of the molecule is CCN(CCO)c1cc(C)c(N)cc1Br. The first-order valence-corrected chi connectivity index (χ1v) is 5.80. The lowest BCUT2D eigenvalue weighted by atomic mass is 10.1. The highest BCUT2D eigenvalue weighted by Gasteiger charge is 2.09. The fraction of sp³-hybridized carbons (Fsp3) is 0.455. The van der Waals surface area contributed by atoms with Gasteiger partial charge in [-0.2, -0.15) is 0 Å². The first-order chi connectivity index (χ1) is 7.10. The van der Waals surface area contributed by atoms with Crippen molar-refractivity contribution in [2.45, 2.75) is 13.8 Å². The first-order valence-electron chi connectivity index (χ1n) is 5.01. The molecule has 1 rings (SSSR count). The van der Waals surface area contributed by atoms with Crippen molar-refractivity contribution < 1.29 is 5.11 Å². The summed E-state index contributed by atoms with van der Waals surface area (Å²) in [7, 11) is 0. The number of nitrogens with zero attached hydrogens (tertiary/aromatic N) is 1. The molecule has 1 aromatic rings. The van der Waals surface area contributed by atoms with E-state index in [0.717, 1.165) is 28.0 Å². The second-order valence-electron chi connectivity index (χ2n) is 3.46. The maximum absolute atomic E-state index is 8.96. The Labute approximate surface area is 99.0 Å². The summed E-state index contributed by atoms with van der Waals surface area (Å²) < 4.78 is 0.973. The van der Waals surface area contributed by atoms with Crippen LogP contribution in [-0.2, 0) is 0 Å². The van der Waals surface area contributed by atoms with Crippen LogP contribution in [0.2, 0.25) is 0 Å². The highest BCUT2D eigenvalue weighted by molar-refractivity contribution is 9.10. The van der Waals surface area contributed by atoms with Crippen molar-refractivity contribution >= 4 is 27.3 Å². The van der Waals surface area contributed by atoms with E-state index in [1.807, 2.05) is 19.1 Å². The van der Waals surface area contributed by atoms with Gasteiger partial charge in [0.15, 0.2) is 0 Å². The topological polar surface area (TPSA) is 49.5 Å². The minimum Gasteiger partial charge on any atom is -0.398 e. The Kier molecular flexibility index (Phi) is 4.42. The lowest BCUT2D eigenvalue weighted by Gasteiger charge is -2.24. The molecule has 84 valence electrons. The van der Waals surface area contributed by atoms with E-state index in [1.54, 1.807) is 0 Å². The van der Waals surface area contributed by atoms with Crippen LogP contribution in [-0.4, -0.2) is 24.8 Å². The minimum atomic E-state index is 0.156. The summed E-state index contributed by atoms with van der Waals surface area (Å²) in [5.74, 6) is 0. The van der Waals surface area contributed by atoms with E-state index >= 15 is 0 Å². The fourth-order valence-electron chi connectivity index (χ4n) is 1.49. The van der Waals surface area contributed by atoms with Crippen molar-refractivity contribution in [2.24, 2.45) is 0 Å². The van der Waals surface area contributed by atoms with Gasteiger partial charge in [-0.25, -0.2) is 0 Å². The number of nitrogens with two attached hydrogens (primary N) is 1. The molecule has 3 N–H and O–H groups in total. The van der Waals surface area contributed by atoms with Crippen molar-refractivity contribution in [3.63, 3.8) is 0 Å². The first kappa shape index (κ1) is 12.3. The molecule has 0 fully saturated rings. The van der Waals surface area contributed by atoms with Crippen LogP contribution in [0.4, 0.5) is 11.4 Å². The van der Waals surface area contributed by atoms with Gasteiger partial charge in [0, 0.05) is 23.2 Å². The van der Waals surface area contributed by atoms with Crippen LogP contribution in [0.25, 0.3) is 0 Å². The molecule has 0 saturated carbocycles. The zero-order chi connectivity index (χ0) is 11.4. The van der Waals surface area contributed by atoms with Crippen molar-refractivity contribution in [3.05, 3.63) is 22.2 Å². The van der Waals surface area contributed by atoms with Crippen molar-refractivity contribution in [2.75, 3.05) is 30.3 Å². The predicted molar refractivity (Wildman–Crippen MR) is 68.3 cm³/mol. The Hall–Kier alpha value is -0.740. The number of aliphatic hydroxyl groups is 1. The Morgan fingerprint density at radius 3 is 2.67 bits per heavy atom.